The lowest BCUT2D eigenvalue weighted by Gasteiger charge is -2.26. The summed E-state index contributed by atoms with van der Waals surface area (Å²) in [5, 5.41) is 2.96. The van der Waals surface area contributed by atoms with E-state index in [0.29, 0.717) is 18.9 Å². The fourth-order valence-corrected chi connectivity index (χ4v) is 2.22. The molecular formula is C16H27N3O. The van der Waals surface area contributed by atoms with Gasteiger partial charge in [-0.05, 0) is 32.0 Å². The second-order valence-corrected chi connectivity index (χ2v) is 5.87. The molecule has 0 heterocycles. The van der Waals surface area contributed by atoms with Gasteiger partial charge >= 0.3 is 0 Å². The summed E-state index contributed by atoms with van der Waals surface area (Å²) in [5.41, 5.74) is 7.08. The van der Waals surface area contributed by atoms with Crippen LogP contribution in [0.15, 0.2) is 30.3 Å². The number of benzene rings is 1. The van der Waals surface area contributed by atoms with Crippen molar-refractivity contribution < 1.29 is 4.79 Å². The van der Waals surface area contributed by atoms with Crippen molar-refractivity contribution >= 4 is 5.91 Å². The molecule has 112 valence electrons. The molecule has 0 spiro atoms. The molecule has 1 rings (SSSR count). The van der Waals surface area contributed by atoms with Crippen LogP contribution in [0.1, 0.15) is 31.9 Å². The highest BCUT2D eigenvalue weighted by molar-refractivity contribution is 5.81. The molecule has 0 bridgehead atoms. The molecule has 0 saturated carbocycles. The Morgan fingerprint density at radius 1 is 1.25 bits per heavy atom. The number of nitrogens with one attached hydrogen (secondary N) is 1. The molecule has 0 aliphatic carbocycles. The Morgan fingerprint density at radius 2 is 1.85 bits per heavy atom. The van der Waals surface area contributed by atoms with Crippen LogP contribution in [0, 0.1) is 5.92 Å². The Hall–Kier alpha value is -1.39. The average molecular weight is 277 g/mol. The molecule has 20 heavy (non-hydrogen) atoms. The number of carbonyl (C=O) groups excluding carboxylic acids is 1. The number of hydrogen-bond acceptors (Lipinski definition) is 3. The summed E-state index contributed by atoms with van der Waals surface area (Å²) in [4.78, 5) is 14.1. The van der Waals surface area contributed by atoms with E-state index in [9.17, 15) is 4.79 Å². The Balaban J connectivity index is 2.58. The van der Waals surface area contributed by atoms with E-state index in [1.807, 2.05) is 32.3 Å². The fourth-order valence-electron chi connectivity index (χ4n) is 2.22. The van der Waals surface area contributed by atoms with Crippen LogP contribution in [0.25, 0.3) is 0 Å². The molecule has 1 amide bonds. The maximum absolute atomic E-state index is 12.0. The molecule has 0 aliphatic heterocycles. The molecular weight excluding hydrogens is 250 g/mol. The topological polar surface area (TPSA) is 58.4 Å². The van der Waals surface area contributed by atoms with Gasteiger partial charge in [0, 0.05) is 6.54 Å². The van der Waals surface area contributed by atoms with Crippen molar-refractivity contribution in [3.05, 3.63) is 35.9 Å². The van der Waals surface area contributed by atoms with Crippen molar-refractivity contribution in [2.24, 2.45) is 11.7 Å². The van der Waals surface area contributed by atoms with Crippen LogP contribution in [0.2, 0.25) is 0 Å². The third-order valence-corrected chi connectivity index (χ3v) is 3.34. The summed E-state index contributed by atoms with van der Waals surface area (Å²) in [6.07, 6.45) is 0.712. The first-order valence-corrected chi connectivity index (χ1v) is 7.16. The summed E-state index contributed by atoms with van der Waals surface area (Å²) in [6, 6.07) is 9.90. The molecule has 2 atom stereocenters. The zero-order valence-electron chi connectivity index (χ0n) is 13.0. The van der Waals surface area contributed by atoms with E-state index in [4.69, 9.17) is 5.73 Å². The minimum absolute atomic E-state index is 0.0681. The Morgan fingerprint density at radius 3 is 2.35 bits per heavy atom. The first-order valence-electron chi connectivity index (χ1n) is 7.16. The molecule has 4 nitrogen and oxygen atoms in total. The Kier molecular flexibility index (Phi) is 6.68. The summed E-state index contributed by atoms with van der Waals surface area (Å²) in [7, 11) is 4.02. The molecule has 0 radical (unpaired) electrons. The van der Waals surface area contributed by atoms with Crippen molar-refractivity contribution in [2.45, 2.75) is 32.4 Å². The van der Waals surface area contributed by atoms with Crippen molar-refractivity contribution in [1.82, 2.24) is 10.2 Å². The van der Waals surface area contributed by atoms with E-state index < -0.39 is 6.04 Å². The summed E-state index contributed by atoms with van der Waals surface area (Å²) < 4.78 is 0. The van der Waals surface area contributed by atoms with E-state index in [1.165, 1.54) is 5.56 Å². The van der Waals surface area contributed by atoms with Crippen molar-refractivity contribution in [2.75, 3.05) is 20.6 Å². The highest BCUT2D eigenvalue weighted by Gasteiger charge is 2.18. The van der Waals surface area contributed by atoms with Gasteiger partial charge < -0.3 is 16.0 Å². The van der Waals surface area contributed by atoms with E-state index in [-0.39, 0.29) is 11.9 Å². The van der Waals surface area contributed by atoms with Gasteiger partial charge in [0.2, 0.25) is 5.91 Å². The van der Waals surface area contributed by atoms with Crippen LogP contribution >= 0.6 is 0 Å². The number of nitrogens with two attached hydrogens (primary N) is 1. The smallest absolute Gasteiger partial charge is 0.236 e. The largest absolute Gasteiger partial charge is 0.353 e. The number of nitrogens with zero attached hydrogens (tertiary/aromatic N) is 1. The quantitative estimate of drug-likeness (QED) is 0.798. The molecule has 4 heteroatoms. The number of likely N-dealkylation sites (N-methyl/N-ethyl adjacent to an activating group) is 1. The Bertz CT molecular complexity index is 403. The number of carbonyl (C=O) groups is 1. The van der Waals surface area contributed by atoms with E-state index in [0.717, 1.165) is 0 Å². The predicted molar refractivity (Wildman–Crippen MR) is 83.3 cm³/mol. The van der Waals surface area contributed by atoms with Gasteiger partial charge in [-0.25, -0.2) is 0 Å². The van der Waals surface area contributed by atoms with E-state index >= 15 is 0 Å². The van der Waals surface area contributed by atoms with Gasteiger partial charge in [0.1, 0.15) is 0 Å². The zero-order chi connectivity index (χ0) is 15.1. The van der Waals surface area contributed by atoms with Crippen LogP contribution in [0.5, 0.6) is 0 Å². The monoisotopic (exact) mass is 277 g/mol. The van der Waals surface area contributed by atoms with Crippen molar-refractivity contribution in [3.63, 3.8) is 0 Å². The van der Waals surface area contributed by atoms with E-state index in [2.05, 4.69) is 36.2 Å². The second kappa shape index (κ2) is 8.02. The van der Waals surface area contributed by atoms with Gasteiger partial charge in [0.05, 0.1) is 12.1 Å². The maximum Gasteiger partial charge on any atom is 0.236 e. The SMILES string of the molecule is CC(C)C[C@H](N)C(=O)NCC(c1ccccc1)N(C)C. The first kappa shape index (κ1) is 16.7. The lowest BCUT2D eigenvalue weighted by molar-refractivity contribution is -0.122. The first-order chi connectivity index (χ1) is 9.41. The summed E-state index contributed by atoms with van der Waals surface area (Å²) >= 11 is 0. The molecule has 0 aromatic heterocycles. The van der Waals surface area contributed by atoms with Gasteiger partial charge in [0.25, 0.3) is 0 Å². The van der Waals surface area contributed by atoms with Crippen LogP contribution in [0.3, 0.4) is 0 Å². The molecule has 3 N–H and O–H groups in total. The van der Waals surface area contributed by atoms with Crippen LogP contribution in [-0.4, -0.2) is 37.5 Å². The van der Waals surface area contributed by atoms with E-state index in [1.54, 1.807) is 0 Å². The normalized spacial score (nSPS) is 14.3. The van der Waals surface area contributed by atoms with Crippen molar-refractivity contribution in [1.29, 1.82) is 0 Å². The minimum Gasteiger partial charge on any atom is -0.353 e. The fraction of sp³-hybridized carbons (Fsp3) is 0.562. The van der Waals surface area contributed by atoms with Crippen LogP contribution in [-0.2, 0) is 4.79 Å². The van der Waals surface area contributed by atoms with Gasteiger partial charge in [-0.2, -0.15) is 0 Å². The lowest BCUT2D eigenvalue weighted by atomic mass is 10.0. The number of amides is 1. The highest BCUT2D eigenvalue weighted by atomic mass is 16.2. The molecule has 1 aromatic rings. The van der Waals surface area contributed by atoms with Gasteiger partial charge in [-0.1, -0.05) is 44.2 Å². The van der Waals surface area contributed by atoms with Gasteiger partial charge in [-0.15, -0.1) is 0 Å². The van der Waals surface area contributed by atoms with Crippen molar-refractivity contribution in [3.8, 4) is 0 Å². The van der Waals surface area contributed by atoms with Gasteiger partial charge in [-0.3, -0.25) is 4.79 Å². The standard InChI is InChI=1S/C16H27N3O/c1-12(2)10-14(17)16(20)18-11-15(19(3)4)13-8-6-5-7-9-13/h5-9,12,14-15H,10-11,17H2,1-4H3,(H,18,20)/t14-,15?/m0/s1. The molecule has 0 aliphatic rings. The lowest BCUT2D eigenvalue weighted by Crippen LogP contribution is -2.44. The zero-order valence-corrected chi connectivity index (χ0v) is 13.0. The van der Waals surface area contributed by atoms with Crippen LogP contribution in [0.4, 0.5) is 0 Å². The highest BCUT2D eigenvalue weighted by Crippen LogP contribution is 2.16. The molecule has 1 unspecified atom stereocenters. The molecule has 0 fully saturated rings. The van der Waals surface area contributed by atoms with Crippen LogP contribution < -0.4 is 11.1 Å². The molecule has 1 aromatic carbocycles. The third-order valence-electron chi connectivity index (χ3n) is 3.34. The number of hydrogen-bond donors (Lipinski definition) is 2. The summed E-state index contributed by atoms with van der Waals surface area (Å²) in [6.45, 7) is 4.71. The second-order valence-electron chi connectivity index (χ2n) is 5.87. The molecule has 0 saturated heterocycles. The summed E-state index contributed by atoms with van der Waals surface area (Å²) in [5.74, 6) is 0.357. The average Bonchev–Trinajstić information content (AvgIpc) is 2.38. The minimum atomic E-state index is -0.423. The number of rotatable bonds is 7. The third kappa shape index (κ3) is 5.31. The van der Waals surface area contributed by atoms with Gasteiger partial charge in [0.15, 0.2) is 0 Å². The maximum atomic E-state index is 12.0. The Labute approximate surface area is 122 Å². The predicted octanol–water partition coefficient (Wildman–Crippen LogP) is 1.78.